The molecule has 1 rings (SSSR count). The number of hydrogen-bond donors (Lipinski definition) is 1. The van der Waals surface area contributed by atoms with Gasteiger partial charge in [0.25, 0.3) is 0 Å². The highest BCUT2D eigenvalue weighted by molar-refractivity contribution is 6.87. The highest BCUT2D eigenvalue weighted by atomic mass is 28.3. The average Bonchev–Trinajstić information content (AvgIpc) is 2.25. The maximum Gasteiger partial charge on any atom is 0.139 e. The number of aliphatic hydroxyl groups excluding tert-OH is 1. The average molecular weight is 246 g/mol. The zero-order valence-electron chi connectivity index (χ0n) is 11.4. The molecule has 1 aromatic rings. The molecule has 1 nitrogen and oxygen atoms in total. The van der Waals surface area contributed by atoms with E-state index in [-0.39, 0.29) is 5.04 Å². The third-order valence-corrected chi connectivity index (χ3v) is 8.03. The summed E-state index contributed by atoms with van der Waals surface area (Å²) in [6, 6.07) is 9.60. The molecule has 2 heteroatoms. The molecule has 0 amide bonds. The summed E-state index contributed by atoms with van der Waals surface area (Å²) in [6.45, 7) is 11.2. The number of benzene rings is 1. The van der Waals surface area contributed by atoms with Crippen molar-refractivity contribution >= 4 is 8.07 Å². The van der Waals surface area contributed by atoms with Crippen LogP contribution < -0.4 is 0 Å². The predicted molar refractivity (Wildman–Crippen MR) is 76.4 cm³/mol. The van der Waals surface area contributed by atoms with E-state index >= 15 is 0 Å². The minimum atomic E-state index is -1.62. The number of rotatable bonds is 1. The summed E-state index contributed by atoms with van der Waals surface area (Å²) in [5, 5.41) is 10.2. The van der Waals surface area contributed by atoms with Gasteiger partial charge >= 0.3 is 0 Å². The molecule has 0 aliphatic carbocycles. The van der Waals surface area contributed by atoms with Gasteiger partial charge in [0.05, 0.1) is 0 Å². The molecule has 1 atom stereocenters. The number of aliphatic hydroxyl groups is 1. The van der Waals surface area contributed by atoms with E-state index in [0.29, 0.717) is 0 Å². The van der Waals surface area contributed by atoms with Crippen LogP contribution in [0.1, 0.15) is 32.4 Å². The Hall–Kier alpha value is -1.04. The van der Waals surface area contributed by atoms with E-state index in [1.54, 1.807) is 0 Å². The van der Waals surface area contributed by atoms with Gasteiger partial charge in [-0.15, -0.1) is 5.54 Å². The Kier molecular flexibility index (Phi) is 4.19. The largest absolute Gasteiger partial charge is 0.376 e. The van der Waals surface area contributed by atoms with Crippen molar-refractivity contribution < 1.29 is 5.11 Å². The molecule has 1 N–H and O–H groups in total. The van der Waals surface area contributed by atoms with Gasteiger partial charge in [0.15, 0.2) is 0 Å². The van der Waals surface area contributed by atoms with E-state index in [1.807, 2.05) is 30.3 Å². The van der Waals surface area contributed by atoms with Crippen molar-refractivity contribution in [3.8, 4) is 11.5 Å². The Morgan fingerprint density at radius 3 is 2.12 bits per heavy atom. The molecule has 0 fully saturated rings. The molecule has 1 aromatic carbocycles. The lowest BCUT2D eigenvalue weighted by Gasteiger charge is -2.31. The van der Waals surface area contributed by atoms with Crippen LogP contribution in [0, 0.1) is 11.5 Å². The third-order valence-electron chi connectivity index (χ3n) is 3.51. The molecule has 0 aliphatic rings. The van der Waals surface area contributed by atoms with Crippen molar-refractivity contribution in [1.29, 1.82) is 0 Å². The lowest BCUT2D eigenvalue weighted by molar-refractivity contribution is 0.238. The molecule has 0 aromatic heterocycles. The van der Waals surface area contributed by atoms with Gasteiger partial charge in [0.1, 0.15) is 14.2 Å². The van der Waals surface area contributed by atoms with Gasteiger partial charge in [0, 0.05) is 0 Å². The van der Waals surface area contributed by atoms with E-state index in [2.05, 4.69) is 45.3 Å². The molecule has 17 heavy (non-hydrogen) atoms. The van der Waals surface area contributed by atoms with Crippen molar-refractivity contribution in [1.82, 2.24) is 0 Å². The van der Waals surface area contributed by atoms with Crippen LogP contribution in [-0.2, 0) is 0 Å². The minimum absolute atomic E-state index is 0.233. The maximum atomic E-state index is 10.00. The Bertz CT molecular complexity index is 418. The van der Waals surface area contributed by atoms with Crippen molar-refractivity contribution in [3.05, 3.63) is 35.9 Å². The Morgan fingerprint density at radius 1 is 1.12 bits per heavy atom. The van der Waals surface area contributed by atoms with E-state index in [9.17, 15) is 5.11 Å². The van der Waals surface area contributed by atoms with Gasteiger partial charge in [-0.05, 0) is 10.6 Å². The van der Waals surface area contributed by atoms with E-state index < -0.39 is 14.2 Å². The first kappa shape index (κ1) is 14.0. The van der Waals surface area contributed by atoms with Crippen molar-refractivity contribution in [2.24, 2.45) is 0 Å². The second-order valence-corrected chi connectivity index (χ2v) is 11.0. The smallest absolute Gasteiger partial charge is 0.139 e. The van der Waals surface area contributed by atoms with Gasteiger partial charge in [-0.1, -0.05) is 70.1 Å². The maximum absolute atomic E-state index is 10.00. The first-order chi connectivity index (χ1) is 7.74. The van der Waals surface area contributed by atoms with E-state index in [0.717, 1.165) is 5.56 Å². The summed E-state index contributed by atoms with van der Waals surface area (Å²) < 4.78 is 0. The van der Waals surface area contributed by atoms with Crippen LogP contribution in [0.4, 0.5) is 0 Å². The van der Waals surface area contributed by atoms with Crippen molar-refractivity contribution in [2.45, 2.75) is 45.0 Å². The van der Waals surface area contributed by atoms with Gasteiger partial charge in [-0.25, -0.2) is 0 Å². The van der Waals surface area contributed by atoms with Crippen LogP contribution in [0.3, 0.4) is 0 Å². The second kappa shape index (κ2) is 5.08. The van der Waals surface area contributed by atoms with Gasteiger partial charge in [-0.3, -0.25) is 0 Å². The standard InChI is InChI=1S/C15H22OSi/c1-15(2,3)17(4,5)12-11-14(16)13-9-7-6-8-10-13/h6-10,14,16H,1-5H3. The molecule has 0 aliphatic heterocycles. The monoisotopic (exact) mass is 246 g/mol. The summed E-state index contributed by atoms with van der Waals surface area (Å²) >= 11 is 0. The summed E-state index contributed by atoms with van der Waals surface area (Å²) in [7, 11) is -1.62. The lowest BCUT2D eigenvalue weighted by atomic mass is 10.1. The summed E-state index contributed by atoms with van der Waals surface area (Å²) in [6.07, 6.45) is -0.662. The van der Waals surface area contributed by atoms with E-state index in [4.69, 9.17) is 0 Å². The number of hydrogen-bond acceptors (Lipinski definition) is 1. The second-order valence-electron chi connectivity index (χ2n) is 5.96. The van der Waals surface area contributed by atoms with E-state index in [1.165, 1.54) is 0 Å². The van der Waals surface area contributed by atoms with Crippen LogP contribution in [0.15, 0.2) is 30.3 Å². The van der Waals surface area contributed by atoms with Crippen LogP contribution in [0.5, 0.6) is 0 Å². The normalized spacial score (nSPS) is 13.8. The van der Waals surface area contributed by atoms with Gasteiger partial charge < -0.3 is 5.11 Å². The van der Waals surface area contributed by atoms with Crippen LogP contribution in [-0.4, -0.2) is 13.2 Å². The fraction of sp³-hybridized carbons (Fsp3) is 0.467. The van der Waals surface area contributed by atoms with Crippen molar-refractivity contribution in [2.75, 3.05) is 0 Å². The SMILES string of the molecule is CC(C)(C)[Si](C)(C)C#CC(O)c1ccccc1. The lowest BCUT2D eigenvalue weighted by Crippen LogP contribution is -2.35. The Balaban J connectivity index is 2.87. The first-order valence-corrected chi connectivity index (χ1v) is 9.00. The molecule has 0 bridgehead atoms. The molecule has 0 saturated heterocycles. The predicted octanol–water partition coefficient (Wildman–Crippen LogP) is 3.77. The highest BCUT2D eigenvalue weighted by Gasteiger charge is 2.33. The highest BCUT2D eigenvalue weighted by Crippen LogP contribution is 2.35. The van der Waals surface area contributed by atoms with Crippen molar-refractivity contribution in [3.63, 3.8) is 0 Å². The molecule has 0 spiro atoms. The summed E-state index contributed by atoms with van der Waals surface area (Å²) in [5.74, 6) is 3.01. The first-order valence-electron chi connectivity index (χ1n) is 6.00. The fourth-order valence-corrected chi connectivity index (χ4v) is 2.03. The summed E-state index contributed by atoms with van der Waals surface area (Å²) in [4.78, 5) is 0. The topological polar surface area (TPSA) is 20.2 Å². The van der Waals surface area contributed by atoms with Gasteiger partial charge in [-0.2, -0.15) is 0 Å². The molecule has 1 unspecified atom stereocenters. The van der Waals surface area contributed by atoms with Gasteiger partial charge in [0.2, 0.25) is 0 Å². The zero-order chi connectivity index (χ0) is 13.1. The molecule has 0 heterocycles. The third kappa shape index (κ3) is 3.73. The van der Waals surface area contributed by atoms with Crippen LogP contribution >= 0.6 is 0 Å². The Labute approximate surface area is 106 Å². The molecule has 0 saturated carbocycles. The van der Waals surface area contributed by atoms with Crippen LogP contribution in [0.25, 0.3) is 0 Å². The van der Waals surface area contributed by atoms with Crippen LogP contribution in [0.2, 0.25) is 18.1 Å². The minimum Gasteiger partial charge on any atom is -0.376 e. The molecule has 92 valence electrons. The molecule has 0 radical (unpaired) electrons. The Morgan fingerprint density at radius 2 is 1.65 bits per heavy atom. The fourth-order valence-electron chi connectivity index (χ4n) is 1.15. The quantitative estimate of drug-likeness (QED) is 0.591. The zero-order valence-corrected chi connectivity index (χ0v) is 12.4. The molecular weight excluding hydrogens is 224 g/mol. The summed E-state index contributed by atoms with van der Waals surface area (Å²) in [5.41, 5.74) is 4.21. The molecular formula is C15H22OSi.